The van der Waals surface area contributed by atoms with E-state index >= 15 is 0 Å². The fourth-order valence-electron chi connectivity index (χ4n) is 3.38. The largest absolute Gasteiger partial charge is 0.390 e. The Bertz CT molecular complexity index is 433. The van der Waals surface area contributed by atoms with Crippen molar-refractivity contribution in [2.75, 3.05) is 7.11 Å². The van der Waals surface area contributed by atoms with Crippen LogP contribution in [0.3, 0.4) is 0 Å². The molecule has 1 fully saturated rings. The lowest BCUT2D eigenvalue weighted by Gasteiger charge is -2.42. The van der Waals surface area contributed by atoms with Crippen molar-refractivity contribution in [1.29, 1.82) is 0 Å². The number of hydrogen-bond donors (Lipinski definition) is 1. The summed E-state index contributed by atoms with van der Waals surface area (Å²) in [5.74, 6) is 1.43. The Morgan fingerprint density at radius 2 is 2.30 bits per heavy atom. The van der Waals surface area contributed by atoms with Crippen molar-refractivity contribution in [3.05, 3.63) is 12.2 Å². The third-order valence-electron chi connectivity index (χ3n) is 4.52. The summed E-state index contributed by atoms with van der Waals surface area (Å²) in [6, 6.07) is 0.253. The number of hydrogen-bond acceptors (Lipinski definition) is 4. The molecule has 5 heteroatoms. The summed E-state index contributed by atoms with van der Waals surface area (Å²) < 4.78 is 7.63. The van der Waals surface area contributed by atoms with Crippen molar-refractivity contribution < 1.29 is 9.84 Å². The molecule has 1 aromatic rings. The summed E-state index contributed by atoms with van der Waals surface area (Å²) in [6.45, 7) is 6.37. The van der Waals surface area contributed by atoms with Gasteiger partial charge in [-0.05, 0) is 32.6 Å². The van der Waals surface area contributed by atoms with Crippen LogP contribution in [0.25, 0.3) is 0 Å². The second-order valence-corrected chi connectivity index (χ2v) is 6.40. The highest BCUT2D eigenvalue weighted by Gasteiger charge is 2.42. The zero-order valence-corrected chi connectivity index (χ0v) is 13.0. The van der Waals surface area contributed by atoms with Crippen molar-refractivity contribution >= 4 is 0 Å². The second kappa shape index (κ2) is 6.22. The molecular weight excluding hydrogens is 254 g/mol. The maximum absolute atomic E-state index is 10.7. The molecule has 3 unspecified atom stereocenters. The lowest BCUT2D eigenvalue weighted by molar-refractivity contribution is -0.131. The third-order valence-corrected chi connectivity index (χ3v) is 4.52. The number of ether oxygens (including phenoxy) is 1. The van der Waals surface area contributed by atoms with Gasteiger partial charge in [0.15, 0.2) is 0 Å². The van der Waals surface area contributed by atoms with E-state index in [2.05, 4.69) is 30.9 Å². The highest BCUT2D eigenvalue weighted by Crippen LogP contribution is 2.38. The first kappa shape index (κ1) is 15.4. The lowest BCUT2D eigenvalue weighted by atomic mass is 9.75. The Hall–Kier alpha value is -0.940. The van der Waals surface area contributed by atoms with Gasteiger partial charge in [0, 0.05) is 19.6 Å². The number of aliphatic hydroxyl groups excluding tert-OH is 1. The quantitative estimate of drug-likeness (QED) is 0.900. The van der Waals surface area contributed by atoms with Gasteiger partial charge in [0.05, 0.1) is 11.7 Å². The molecule has 0 bridgehead atoms. The van der Waals surface area contributed by atoms with Gasteiger partial charge in [0.25, 0.3) is 0 Å². The minimum atomic E-state index is -0.531. The van der Waals surface area contributed by atoms with E-state index in [0.29, 0.717) is 12.3 Å². The Balaban J connectivity index is 2.13. The molecule has 2 rings (SSSR count). The van der Waals surface area contributed by atoms with Crippen LogP contribution in [-0.2, 0) is 11.2 Å². The molecule has 0 saturated heterocycles. The van der Waals surface area contributed by atoms with Crippen LogP contribution in [0, 0.1) is 5.92 Å². The summed E-state index contributed by atoms with van der Waals surface area (Å²) in [7, 11) is 1.72. The molecular formula is C15H27N3O2. The van der Waals surface area contributed by atoms with Crippen LogP contribution >= 0.6 is 0 Å². The third kappa shape index (κ3) is 3.04. The van der Waals surface area contributed by atoms with Crippen LogP contribution in [0.1, 0.15) is 58.3 Å². The van der Waals surface area contributed by atoms with E-state index in [9.17, 15) is 5.11 Å². The van der Waals surface area contributed by atoms with Gasteiger partial charge in [-0.15, -0.1) is 0 Å². The molecule has 0 spiro atoms. The molecule has 1 N–H and O–H groups in total. The van der Waals surface area contributed by atoms with Crippen LogP contribution in [0.4, 0.5) is 0 Å². The Labute approximate surface area is 121 Å². The lowest BCUT2D eigenvalue weighted by Crippen LogP contribution is -2.48. The number of nitrogens with zero attached hydrogens (tertiary/aromatic N) is 3. The molecule has 1 aliphatic rings. The number of aromatic nitrogens is 3. The van der Waals surface area contributed by atoms with Gasteiger partial charge in [0.1, 0.15) is 12.2 Å². The molecule has 20 heavy (non-hydrogen) atoms. The fourth-order valence-corrected chi connectivity index (χ4v) is 3.38. The SMILES string of the molecule is COC1(C(O)Cc2ncnn2C(C)C)CCCC(C)C1. The first-order valence-corrected chi connectivity index (χ1v) is 7.60. The minimum absolute atomic E-state index is 0.253. The molecule has 5 nitrogen and oxygen atoms in total. The van der Waals surface area contributed by atoms with Crippen LogP contribution in [0.5, 0.6) is 0 Å². The van der Waals surface area contributed by atoms with Gasteiger partial charge in [-0.2, -0.15) is 5.10 Å². The van der Waals surface area contributed by atoms with E-state index in [1.165, 1.54) is 6.42 Å². The molecule has 0 aliphatic heterocycles. The van der Waals surface area contributed by atoms with Gasteiger partial charge in [-0.25, -0.2) is 9.67 Å². The standard InChI is InChI=1S/C15H27N3O2/c1-11(2)18-14(16-10-17-18)8-13(19)15(20-4)7-5-6-12(3)9-15/h10-13,19H,5-9H2,1-4H3. The maximum atomic E-state index is 10.7. The predicted octanol–water partition coefficient (Wildman–Crippen LogP) is 2.36. The fraction of sp³-hybridized carbons (Fsp3) is 0.867. The molecule has 1 saturated carbocycles. The van der Waals surface area contributed by atoms with Crippen LogP contribution in [0.15, 0.2) is 6.33 Å². The van der Waals surface area contributed by atoms with Gasteiger partial charge in [0.2, 0.25) is 0 Å². The first-order chi connectivity index (χ1) is 9.48. The minimum Gasteiger partial charge on any atom is -0.390 e. The first-order valence-electron chi connectivity index (χ1n) is 7.60. The van der Waals surface area contributed by atoms with Crippen LogP contribution in [-0.4, -0.2) is 38.7 Å². The molecule has 3 atom stereocenters. The number of aliphatic hydroxyl groups is 1. The van der Waals surface area contributed by atoms with Gasteiger partial charge in [-0.1, -0.05) is 19.8 Å². The van der Waals surface area contributed by atoms with Gasteiger partial charge < -0.3 is 9.84 Å². The van der Waals surface area contributed by atoms with Crippen LogP contribution in [0.2, 0.25) is 0 Å². The van der Waals surface area contributed by atoms with Crippen molar-refractivity contribution in [2.24, 2.45) is 5.92 Å². The Morgan fingerprint density at radius 1 is 1.55 bits per heavy atom. The summed E-state index contributed by atoms with van der Waals surface area (Å²) in [5, 5.41) is 14.9. The molecule has 1 heterocycles. The van der Waals surface area contributed by atoms with Crippen LogP contribution < -0.4 is 0 Å². The summed E-state index contributed by atoms with van der Waals surface area (Å²) in [5.41, 5.74) is -0.425. The Kier molecular flexibility index (Phi) is 4.81. The average Bonchev–Trinajstić information content (AvgIpc) is 2.86. The zero-order chi connectivity index (χ0) is 14.8. The molecule has 0 aromatic carbocycles. The van der Waals surface area contributed by atoms with Gasteiger partial charge in [-0.3, -0.25) is 0 Å². The maximum Gasteiger partial charge on any atom is 0.138 e. The highest BCUT2D eigenvalue weighted by molar-refractivity contribution is 4.99. The average molecular weight is 281 g/mol. The summed E-state index contributed by atoms with van der Waals surface area (Å²) in [4.78, 5) is 4.29. The molecule has 1 aliphatic carbocycles. The summed E-state index contributed by atoms with van der Waals surface area (Å²) >= 11 is 0. The molecule has 1 aromatic heterocycles. The second-order valence-electron chi connectivity index (χ2n) is 6.40. The van der Waals surface area contributed by atoms with Crippen molar-refractivity contribution in [2.45, 2.75) is 70.6 Å². The predicted molar refractivity (Wildman–Crippen MR) is 77.5 cm³/mol. The van der Waals surface area contributed by atoms with E-state index in [1.807, 2.05) is 4.68 Å². The normalized spacial score (nSPS) is 28.8. The summed E-state index contributed by atoms with van der Waals surface area (Å²) in [6.07, 6.45) is 5.70. The number of methoxy groups -OCH3 is 1. The topological polar surface area (TPSA) is 60.2 Å². The highest BCUT2D eigenvalue weighted by atomic mass is 16.5. The smallest absolute Gasteiger partial charge is 0.138 e. The Morgan fingerprint density at radius 3 is 2.90 bits per heavy atom. The van der Waals surface area contributed by atoms with E-state index in [1.54, 1.807) is 13.4 Å². The van der Waals surface area contributed by atoms with E-state index < -0.39 is 11.7 Å². The molecule has 114 valence electrons. The van der Waals surface area contributed by atoms with E-state index in [0.717, 1.165) is 25.1 Å². The monoisotopic (exact) mass is 281 g/mol. The van der Waals surface area contributed by atoms with Crippen molar-refractivity contribution in [3.63, 3.8) is 0 Å². The zero-order valence-electron chi connectivity index (χ0n) is 13.0. The van der Waals surface area contributed by atoms with Gasteiger partial charge >= 0.3 is 0 Å². The van der Waals surface area contributed by atoms with Crippen molar-refractivity contribution in [1.82, 2.24) is 14.8 Å². The molecule has 0 amide bonds. The van der Waals surface area contributed by atoms with E-state index in [-0.39, 0.29) is 6.04 Å². The number of rotatable bonds is 5. The molecule has 0 radical (unpaired) electrons. The van der Waals surface area contributed by atoms with Crippen molar-refractivity contribution in [3.8, 4) is 0 Å². The van der Waals surface area contributed by atoms with E-state index in [4.69, 9.17) is 4.74 Å².